The molecule has 2 rings (SSSR count). The van der Waals surface area contributed by atoms with E-state index in [0.29, 0.717) is 12.0 Å². The van der Waals surface area contributed by atoms with Gasteiger partial charge in [0.1, 0.15) is 0 Å². The molecule has 0 aliphatic carbocycles. The van der Waals surface area contributed by atoms with Gasteiger partial charge in [0.25, 0.3) is 5.91 Å². The molecule has 2 amide bonds. The number of rotatable bonds is 5. The van der Waals surface area contributed by atoms with E-state index < -0.39 is 5.91 Å². The van der Waals surface area contributed by atoms with Crippen molar-refractivity contribution >= 4 is 11.8 Å². The zero-order valence-electron chi connectivity index (χ0n) is 13.2. The van der Waals surface area contributed by atoms with E-state index in [9.17, 15) is 9.59 Å². The summed E-state index contributed by atoms with van der Waals surface area (Å²) in [5.41, 5.74) is 4.81. The van der Waals surface area contributed by atoms with Crippen LogP contribution in [0.2, 0.25) is 0 Å². The Hall–Kier alpha value is -2.66. The average Bonchev–Trinajstić information content (AvgIpc) is 2.54. The van der Waals surface area contributed by atoms with Crippen LogP contribution in [0.3, 0.4) is 0 Å². The summed E-state index contributed by atoms with van der Waals surface area (Å²) >= 11 is 0. The van der Waals surface area contributed by atoms with E-state index in [4.69, 9.17) is 5.21 Å². The minimum Gasteiger partial charge on any atom is -0.349 e. The van der Waals surface area contributed by atoms with Crippen molar-refractivity contribution in [2.75, 3.05) is 0 Å². The lowest BCUT2D eigenvalue weighted by atomic mass is 10.0. The van der Waals surface area contributed by atoms with Crippen molar-refractivity contribution in [1.82, 2.24) is 10.8 Å². The molecule has 0 saturated carbocycles. The Morgan fingerprint density at radius 2 is 1.87 bits per heavy atom. The lowest BCUT2D eigenvalue weighted by Gasteiger charge is -2.15. The number of benzene rings is 2. The highest BCUT2D eigenvalue weighted by Gasteiger charge is 2.12. The highest BCUT2D eigenvalue weighted by atomic mass is 16.5. The van der Waals surface area contributed by atoms with Crippen molar-refractivity contribution in [3.63, 3.8) is 0 Å². The van der Waals surface area contributed by atoms with Gasteiger partial charge in [0.2, 0.25) is 5.91 Å². The van der Waals surface area contributed by atoms with Crippen molar-refractivity contribution in [2.24, 2.45) is 0 Å². The number of carbonyl (C=O) groups is 2. The minimum absolute atomic E-state index is 0.0832. The van der Waals surface area contributed by atoms with Crippen LogP contribution in [0.4, 0.5) is 0 Å². The first kappa shape index (κ1) is 16.7. The van der Waals surface area contributed by atoms with Crippen molar-refractivity contribution < 1.29 is 14.8 Å². The Morgan fingerprint density at radius 3 is 2.57 bits per heavy atom. The molecule has 0 aliphatic rings. The number of hydrogen-bond donors (Lipinski definition) is 3. The molecule has 120 valence electrons. The van der Waals surface area contributed by atoms with Gasteiger partial charge in [-0.1, -0.05) is 42.0 Å². The van der Waals surface area contributed by atoms with Crippen LogP contribution in [0.15, 0.2) is 48.5 Å². The van der Waals surface area contributed by atoms with Gasteiger partial charge in [0.05, 0.1) is 12.5 Å². The van der Waals surface area contributed by atoms with E-state index in [-0.39, 0.29) is 11.9 Å². The molecule has 0 aliphatic heterocycles. The van der Waals surface area contributed by atoms with Gasteiger partial charge < -0.3 is 5.32 Å². The molecule has 3 N–H and O–H groups in total. The zero-order chi connectivity index (χ0) is 16.8. The summed E-state index contributed by atoms with van der Waals surface area (Å²) in [4.78, 5) is 23.6. The predicted octanol–water partition coefficient (Wildman–Crippen LogP) is 2.53. The minimum atomic E-state index is -0.579. The van der Waals surface area contributed by atoms with Gasteiger partial charge in [0, 0.05) is 5.56 Å². The largest absolute Gasteiger partial charge is 0.349 e. The zero-order valence-corrected chi connectivity index (χ0v) is 13.2. The summed E-state index contributed by atoms with van der Waals surface area (Å²) in [5.74, 6) is -0.662. The maximum absolute atomic E-state index is 12.2. The van der Waals surface area contributed by atoms with Gasteiger partial charge in [-0.3, -0.25) is 14.8 Å². The van der Waals surface area contributed by atoms with Crippen LogP contribution in [-0.2, 0) is 11.2 Å². The third-order valence-corrected chi connectivity index (χ3v) is 3.58. The number of hydroxylamine groups is 1. The van der Waals surface area contributed by atoms with Crippen molar-refractivity contribution in [3.05, 3.63) is 70.8 Å². The van der Waals surface area contributed by atoms with Crippen LogP contribution in [0.25, 0.3) is 0 Å². The van der Waals surface area contributed by atoms with E-state index >= 15 is 0 Å². The second-order valence-corrected chi connectivity index (χ2v) is 5.52. The molecular formula is C18H20N2O3. The fraction of sp³-hybridized carbons (Fsp3) is 0.222. The molecule has 5 nitrogen and oxygen atoms in total. The summed E-state index contributed by atoms with van der Waals surface area (Å²) in [5, 5.41) is 11.6. The lowest BCUT2D eigenvalue weighted by Crippen LogP contribution is -2.28. The average molecular weight is 312 g/mol. The molecule has 0 heterocycles. The van der Waals surface area contributed by atoms with Gasteiger partial charge in [0.15, 0.2) is 0 Å². The predicted molar refractivity (Wildman–Crippen MR) is 87.1 cm³/mol. The molecule has 2 aromatic carbocycles. The highest BCUT2D eigenvalue weighted by molar-refractivity contribution is 5.93. The van der Waals surface area contributed by atoms with Crippen LogP contribution in [-0.4, -0.2) is 17.0 Å². The first-order valence-corrected chi connectivity index (χ1v) is 7.39. The van der Waals surface area contributed by atoms with Gasteiger partial charge in [-0.2, -0.15) is 0 Å². The van der Waals surface area contributed by atoms with Gasteiger partial charge in [-0.05, 0) is 37.1 Å². The Morgan fingerprint density at radius 1 is 1.13 bits per heavy atom. The highest BCUT2D eigenvalue weighted by Crippen LogP contribution is 2.15. The Kier molecular flexibility index (Phi) is 5.49. The SMILES string of the molecule is Cc1cccc(CC(=O)NC(C)c2cccc(C(=O)NO)c2)c1. The monoisotopic (exact) mass is 312 g/mol. The van der Waals surface area contributed by atoms with E-state index in [1.807, 2.05) is 44.2 Å². The normalized spacial score (nSPS) is 11.6. The summed E-state index contributed by atoms with van der Waals surface area (Å²) in [6, 6.07) is 14.4. The second-order valence-electron chi connectivity index (χ2n) is 5.52. The maximum atomic E-state index is 12.2. The van der Waals surface area contributed by atoms with E-state index in [1.165, 1.54) is 0 Å². The molecule has 0 spiro atoms. The molecule has 2 aromatic rings. The third-order valence-electron chi connectivity index (χ3n) is 3.58. The Balaban J connectivity index is 2.02. The molecule has 0 aromatic heterocycles. The van der Waals surface area contributed by atoms with E-state index in [0.717, 1.165) is 16.7 Å². The maximum Gasteiger partial charge on any atom is 0.274 e. The molecule has 0 saturated heterocycles. The quantitative estimate of drug-likeness (QED) is 0.586. The molecule has 0 radical (unpaired) electrons. The number of nitrogens with one attached hydrogen (secondary N) is 2. The molecule has 0 bridgehead atoms. The first-order chi connectivity index (χ1) is 11.0. The molecule has 1 unspecified atom stereocenters. The summed E-state index contributed by atoms with van der Waals surface area (Å²) < 4.78 is 0. The molecule has 1 atom stereocenters. The molecular weight excluding hydrogens is 292 g/mol. The second kappa shape index (κ2) is 7.56. The summed E-state index contributed by atoms with van der Waals surface area (Å²) in [6.07, 6.45) is 0.308. The summed E-state index contributed by atoms with van der Waals surface area (Å²) in [6.45, 7) is 3.84. The van der Waals surface area contributed by atoms with E-state index in [2.05, 4.69) is 5.32 Å². The Bertz CT molecular complexity index is 713. The number of amides is 2. The molecule has 5 heteroatoms. The summed E-state index contributed by atoms with van der Waals surface area (Å²) in [7, 11) is 0. The third kappa shape index (κ3) is 4.66. The van der Waals surface area contributed by atoms with E-state index in [1.54, 1.807) is 23.7 Å². The van der Waals surface area contributed by atoms with Crippen LogP contribution in [0.5, 0.6) is 0 Å². The van der Waals surface area contributed by atoms with Crippen molar-refractivity contribution in [3.8, 4) is 0 Å². The Labute approximate surface area is 135 Å². The van der Waals surface area contributed by atoms with Crippen LogP contribution < -0.4 is 10.8 Å². The number of aryl methyl sites for hydroxylation is 1. The van der Waals surface area contributed by atoms with Gasteiger partial charge >= 0.3 is 0 Å². The van der Waals surface area contributed by atoms with Gasteiger partial charge in [-0.25, -0.2) is 5.48 Å². The molecule has 0 fully saturated rings. The first-order valence-electron chi connectivity index (χ1n) is 7.39. The molecule has 23 heavy (non-hydrogen) atoms. The number of carbonyl (C=O) groups excluding carboxylic acids is 2. The van der Waals surface area contributed by atoms with Crippen LogP contribution >= 0.6 is 0 Å². The van der Waals surface area contributed by atoms with Crippen molar-refractivity contribution in [2.45, 2.75) is 26.3 Å². The van der Waals surface area contributed by atoms with Crippen LogP contribution in [0.1, 0.15) is 40.0 Å². The number of hydrogen-bond acceptors (Lipinski definition) is 3. The smallest absolute Gasteiger partial charge is 0.274 e. The fourth-order valence-corrected chi connectivity index (χ4v) is 2.40. The van der Waals surface area contributed by atoms with Crippen molar-refractivity contribution in [1.29, 1.82) is 0 Å². The standard InChI is InChI=1S/C18H20N2O3/c1-12-5-3-6-14(9-12)10-17(21)19-13(2)15-7-4-8-16(11-15)18(22)20-23/h3-9,11,13,23H,10H2,1-2H3,(H,19,21)(H,20,22). The fourth-order valence-electron chi connectivity index (χ4n) is 2.40. The van der Waals surface area contributed by atoms with Gasteiger partial charge in [-0.15, -0.1) is 0 Å². The van der Waals surface area contributed by atoms with Crippen LogP contribution in [0, 0.1) is 6.92 Å². The topological polar surface area (TPSA) is 78.4 Å². The lowest BCUT2D eigenvalue weighted by molar-refractivity contribution is -0.121.